The molecule has 5 nitrogen and oxygen atoms in total. The van der Waals surface area contributed by atoms with Crippen molar-refractivity contribution >= 4 is 11.9 Å². The zero-order chi connectivity index (χ0) is 17.9. The maximum Gasteiger partial charge on any atom is 0.320 e. The van der Waals surface area contributed by atoms with E-state index in [1.165, 1.54) is 0 Å². The van der Waals surface area contributed by atoms with E-state index in [1.807, 2.05) is 37.3 Å². The van der Waals surface area contributed by atoms with Crippen molar-refractivity contribution in [3.8, 4) is 0 Å². The van der Waals surface area contributed by atoms with Gasteiger partial charge in [0.05, 0.1) is 24.5 Å². The lowest BCUT2D eigenvalue weighted by molar-refractivity contribution is -0.154. The summed E-state index contributed by atoms with van der Waals surface area (Å²) in [5.41, 5.74) is 0.833. The van der Waals surface area contributed by atoms with Crippen LogP contribution >= 0.6 is 0 Å². The van der Waals surface area contributed by atoms with Crippen molar-refractivity contribution in [1.82, 2.24) is 0 Å². The van der Waals surface area contributed by atoms with Crippen molar-refractivity contribution in [3.05, 3.63) is 35.9 Å². The van der Waals surface area contributed by atoms with Gasteiger partial charge in [-0.2, -0.15) is 0 Å². The van der Waals surface area contributed by atoms with Crippen LogP contribution in [0.5, 0.6) is 0 Å². The minimum absolute atomic E-state index is 0.215. The topological polar surface area (TPSA) is 61.8 Å². The molecule has 0 spiro atoms. The molecule has 2 aliphatic rings. The van der Waals surface area contributed by atoms with Crippen LogP contribution in [0, 0.1) is 17.3 Å². The van der Waals surface area contributed by atoms with Gasteiger partial charge in [-0.3, -0.25) is 9.59 Å². The second-order valence-electron chi connectivity index (χ2n) is 7.22. The fourth-order valence-electron chi connectivity index (χ4n) is 4.16. The summed E-state index contributed by atoms with van der Waals surface area (Å²) >= 11 is 0. The highest BCUT2D eigenvalue weighted by molar-refractivity contribution is 5.97. The van der Waals surface area contributed by atoms with Crippen LogP contribution in [-0.2, 0) is 30.4 Å². The second kappa shape index (κ2) is 7.67. The van der Waals surface area contributed by atoms with E-state index in [4.69, 9.17) is 14.2 Å². The molecule has 1 aliphatic carbocycles. The summed E-state index contributed by atoms with van der Waals surface area (Å²) in [5, 5.41) is 0. The van der Waals surface area contributed by atoms with Crippen molar-refractivity contribution in [1.29, 1.82) is 0 Å². The largest absolute Gasteiger partial charge is 0.393 e. The average Bonchev–Trinajstić information content (AvgIpc) is 2.92. The molecular formula is C20H26O5. The zero-order valence-corrected chi connectivity index (χ0v) is 14.9. The number of carbonyl (C=O) groups excluding carboxylic acids is 2. The standard InChI is InChI=1S/C20H26O5/c1-3-24-15-9-10-20(2,17-16(15)18(21)25-19(17)22)11-12-23-13-14-7-5-4-6-8-14/h4-8,15-17H,3,9-13H2,1-2H3/t15-,16-,17+,20-/m0/s1. The fraction of sp³-hybridized carbons (Fsp3) is 0.600. The molecule has 1 aromatic carbocycles. The Hall–Kier alpha value is -1.72. The minimum Gasteiger partial charge on any atom is -0.393 e. The van der Waals surface area contributed by atoms with Crippen LogP contribution in [0.2, 0.25) is 0 Å². The summed E-state index contributed by atoms with van der Waals surface area (Å²) in [4.78, 5) is 24.5. The SMILES string of the molecule is CCO[C@H]1CC[C@@](C)(CCOCc2ccccc2)[C@H]2C(=O)OC(=O)[C@@H]12. The van der Waals surface area contributed by atoms with E-state index in [-0.39, 0.29) is 11.5 Å². The lowest BCUT2D eigenvalue weighted by Crippen LogP contribution is -2.47. The number of rotatable bonds is 7. The van der Waals surface area contributed by atoms with E-state index in [2.05, 4.69) is 6.92 Å². The van der Waals surface area contributed by atoms with Gasteiger partial charge >= 0.3 is 11.9 Å². The van der Waals surface area contributed by atoms with Crippen LogP contribution in [0.15, 0.2) is 30.3 Å². The summed E-state index contributed by atoms with van der Waals surface area (Å²) in [6.45, 7) is 5.61. The number of fused-ring (bicyclic) bond motifs is 1. The molecule has 2 fully saturated rings. The van der Waals surface area contributed by atoms with Crippen LogP contribution in [0.25, 0.3) is 0 Å². The quantitative estimate of drug-likeness (QED) is 0.431. The Labute approximate surface area is 148 Å². The lowest BCUT2D eigenvalue weighted by atomic mass is 9.61. The Morgan fingerprint density at radius 3 is 2.68 bits per heavy atom. The maximum absolute atomic E-state index is 12.3. The van der Waals surface area contributed by atoms with Gasteiger partial charge in [0.25, 0.3) is 0 Å². The normalized spacial score (nSPS) is 31.7. The lowest BCUT2D eigenvalue weighted by Gasteiger charge is -2.43. The van der Waals surface area contributed by atoms with E-state index in [9.17, 15) is 9.59 Å². The number of esters is 2. The van der Waals surface area contributed by atoms with Gasteiger partial charge in [-0.25, -0.2) is 0 Å². The molecule has 1 saturated carbocycles. The van der Waals surface area contributed by atoms with Gasteiger partial charge in [0.1, 0.15) is 0 Å². The summed E-state index contributed by atoms with van der Waals surface area (Å²) in [6.07, 6.45) is 2.11. The predicted octanol–water partition coefficient (Wildman–Crippen LogP) is 3.11. The highest BCUT2D eigenvalue weighted by Gasteiger charge is 2.59. The number of ether oxygens (including phenoxy) is 3. The van der Waals surface area contributed by atoms with Gasteiger partial charge in [-0.15, -0.1) is 0 Å². The summed E-state index contributed by atoms with van der Waals surface area (Å²) in [6, 6.07) is 10.00. The van der Waals surface area contributed by atoms with E-state index < -0.39 is 23.8 Å². The maximum atomic E-state index is 12.3. The molecular weight excluding hydrogens is 320 g/mol. The van der Waals surface area contributed by atoms with Crippen LogP contribution in [0.1, 0.15) is 38.7 Å². The molecule has 1 heterocycles. The molecule has 25 heavy (non-hydrogen) atoms. The molecule has 1 aliphatic heterocycles. The van der Waals surface area contributed by atoms with Crippen LogP contribution in [0.4, 0.5) is 0 Å². The monoisotopic (exact) mass is 346 g/mol. The summed E-state index contributed by atoms with van der Waals surface area (Å²) in [5.74, 6) is -1.72. The van der Waals surface area contributed by atoms with E-state index >= 15 is 0 Å². The van der Waals surface area contributed by atoms with Crippen LogP contribution in [-0.4, -0.2) is 31.3 Å². The molecule has 0 radical (unpaired) electrons. The predicted molar refractivity (Wildman–Crippen MR) is 91.5 cm³/mol. The molecule has 1 aromatic rings. The fourth-order valence-corrected chi connectivity index (χ4v) is 4.16. The number of benzene rings is 1. The average molecular weight is 346 g/mol. The first-order valence-electron chi connectivity index (χ1n) is 9.04. The Morgan fingerprint density at radius 1 is 1.20 bits per heavy atom. The van der Waals surface area contributed by atoms with Crippen molar-refractivity contribution in [3.63, 3.8) is 0 Å². The van der Waals surface area contributed by atoms with Gasteiger partial charge in [-0.1, -0.05) is 37.3 Å². The Bertz CT molecular complexity index is 614. The van der Waals surface area contributed by atoms with Gasteiger partial charge in [0, 0.05) is 13.2 Å². The molecule has 0 unspecified atom stereocenters. The van der Waals surface area contributed by atoms with E-state index in [1.54, 1.807) is 0 Å². The molecule has 4 atom stereocenters. The first-order chi connectivity index (χ1) is 12.0. The van der Waals surface area contributed by atoms with E-state index in [0.717, 1.165) is 24.8 Å². The Balaban J connectivity index is 1.62. The zero-order valence-electron chi connectivity index (χ0n) is 14.9. The smallest absolute Gasteiger partial charge is 0.320 e. The highest BCUT2D eigenvalue weighted by atomic mass is 16.6. The van der Waals surface area contributed by atoms with E-state index in [0.29, 0.717) is 19.8 Å². The molecule has 1 saturated heterocycles. The Kier molecular flexibility index (Phi) is 5.54. The van der Waals surface area contributed by atoms with Crippen LogP contribution < -0.4 is 0 Å². The number of hydrogen-bond donors (Lipinski definition) is 0. The molecule has 0 amide bonds. The molecule has 0 bridgehead atoms. The second-order valence-corrected chi connectivity index (χ2v) is 7.22. The molecule has 5 heteroatoms. The number of carbonyl (C=O) groups is 2. The Morgan fingerprint density at radius 2 is 1.96 bits per heavy atom. The van der Waals surface area contributed by atoms with Gasteiger partial charge < -0.3 is 14.2 Å². The third-order valence-corrected chi connectivity index (χ3v) is 5.55. The first kappa shape index (κ1) is 18.1. The molecule has 0 aromatic heterocycles. The van der Waals surface area contributed by atoms with Crippen molar-refractivity contribution < 1.29 is 23.8 Å². The minimum atomic E-state index is -0.472. The van der Waals surface area contributed by atoms with Crippen LogP contribution in [0.3, 0.4) is 0 Å². The number of cyclic esters (lactones) is 2. The molecule has 0 N–H and O–H groups in total. The first-order valence-corrected chi connectivity index (χ1v) is 9.04. The number of hydrogen-bond acceptors (Lipinski definition) is 5. The summed E-state index contributed by atoms with van der Waals surface area (Å²) in [7, 11) is 0. The van der Waals surface area contributed by atoms with Crippen molar-refractivity contribution in [2.75, 3.05) is 13.2 Å². The third-order valence-electron chi connectivity index (χ3n) is 5.55. The van der Waals surface area contributed by atoms with Gasteiger partial charge in [0.15, 0.2) is 0 Å². The third kappa shape index (κ3) is 3.77. The summed E-state index contributed by atoms with van der Waals surface area (Å²) < 4.78 is 16.5. The van der Waals surface area contributed by atoms with Gasteiger partial charge in [-0.05, 0) is 37.2 Å². The molecule has 3 rings (SSSR count). The molecule has 136 valence electrons. The van der Waals surface area contributed by atoms with Crippen molar-refractivity contribution in [2.24, 2.45) is 17.3 Å². The van der Waals surface area contributed by atoms with Gasteiger partial charge in [0.2, 0.25) is 0 Å². The van der Waals surface area contributed by atoms with Crippen molar-refractivity contribution in [2.45, 2.75) is 45.8 Å². The highest BCUT2D eigenvalue weighted by Crippen LogP contribution is 2.51.